The molecule has 3 N–H and O–H groups in total. The summed E-state index contributed by atoms with van der Waals surface area (Å²) < 4.78 is 0. The normalized spacial score (nSPS) is 14.1. The highest BCUT2D eigenvalue weighted by molar-refractivity contribution is 5.94. The van der Waals surface area contributed by atoms with Gasteiger partial charge in [0.1, 0.15) is 0 Å². The van der Waals surface area contributed by atoms with Gasteiger partial charge in [-0.2, -0.15) is 0 Å². The van der Waals surface area contributed by atoms with Crippen molar-refractivity contribution in [2.24, 2.45) is 0 Å². The van der Waals surface area contributed by atoms with Crippen molar-refractivity contribution in [1.82, 2.24) is 15.5 Å². The van der Waals surface area contributed by atoms with E-state index in [9.17, 15) is 14.4 Å². The van der Waals surface area contributed by atoms with E-state index in [2.05, 4.69) is 22.5 Å². The minimum Gasteiger partial charge on any atom is -0.481 e. The molecule has 0 heterocycles. The van der Waals surface area contributed by atoms with E-state index in [-0.39, 0.29) is 19.3 Å². The molecule has 0 aromatic carbocycles. The molecule has 7 nitrogen and oxygen atoms in total. The molecule has 0 radical (unpaired) electrons. The Labute approximate surface area is 118 Å². The van der Waals surface area contributed by atoms with Crippen LogP contribution in [-0.4, -0.2) is 53.6 Å². The number of likely N-dealkylation sites (N-methyl/N-ethyl adjacent to an activating group) is 1. The first kappa shape index (κ1) is 16.4. The molecule has 1 saturated carbocycles. The summed E-state index contributed by atoms with van der Waals surface area (Å²) >= 11 is 0. The Morgan fingerprint density at radius 2 is 1.95 bits per heavy atom. The minimum atomic E-state index is -0.943. The summed E-state index contributed by atoms with van der Waals surface area (Å²) in [6.07, 6.45) is 2.66. The Kier molecular flexibility index (Phi) is 7.00. The minimum absolute atomic E-state index is 0.0445. The van der Waals surface area contributed by atoms with Crippen LogP contribution in [0.3, 0.4) is 0 Å². The second-order valence-electron chi connectivity index (χ2n) is 4.91. The van der Waals surface area contributed by atoms with Crippen LogP contribution in [0, 0.1) is 0 Å². The molecule has 0 saturated heterocycles. The third-order valence-electron chi connectivity index (χ3n) is 3.20. The lowest BCUT2D eigenvalue weighted by Crippen LogP contribution is -2.43. The molecule has 0 bridgehead atoms. The number of hydrogen-bond acceptors (Lipinski definition) is 4. The van der Waals surface area contributed by atoms with Crippen LogP contribution in [0.4, 0.5) is 4.79 Å². The van der Waals surface area contributed by atoms with Gasteiger partial charge in [-0.3, -0.25) is 19.8 Å². The molecule has 0 unspecified atom stereocenters. The average Bonchev–Trinajstić information content (AvgIpc) is 3.18. The third kappa shape index (κ3) is 7.08. The van der Waals surface area contributed by atoms with E-state index in [4.69, 9.17) is 5.11 Å². The van der Waals surface area contributed by atoms with Crippen LogP contribution in [0.1, 0.15) is 39.0 Å². The molecule has 0 spiro atoms. The Bertz CT molecular complexity index is 356. The predicted molar refractivity (Wildman–Crippen MR) is 73.3 cm³/mol. The molecule has 1 fully saturated rings. The summed E-state index contributed by atoms with van der Waals surface area (Å²) in [6, 6.07) is 0.139. The van der Waals surface area contributed by atoms with Gasteiger partial charge in [0, 0.05) is 32.0 Å². The molecule has 0 atom stereocenters. The van der Waals surface area contributed by atoms with Crippen molar-refractivity contribution in [2.45, 2.75) is 45.1 Å². The Morgan fingerprint density at radius 1 is 1.25 bits per heavy atom. The van der Waals surface area contributed by atoms with E-state index < -0.39 is 17.9 Å². The van der Waals surface area contributed by atoms with Crippen molar-refractivity contribution >= 4 is 17.9 Å². The van der Waals surface area contributed by atoms with Crippen LogP contribution < -0.4 is 10.6 Å². The van der Waals surface area contributed by atoms with Gasteiger partial charge in [0.25, 0.3) is 0 Å². The maximum absolute atomic E-state index is 11.4. The predicted octanol–water partition coefficient (Wildman–Crippen LogP) is 0.551. The van der Waals surface area contributed by atoms with Gasteiger partial charge in [-0.15, -0.1) is 0 Å². The first-order chi connectivity index (χ1) is 9.52. The number of rotatable bonds is 9. The Hall–Kier alpha value is -1.63. The molecule has 1 aliphatic rings. The zero-order valence-electron chi connectivity index (χ0n) is 11.9. The smallest absolute Gasteiger partial charge is 0.321 e. The molecule has 20 heavy (non-hydrogen) atoms. The van der Waals surface area contributed by atoms with Crippen molar-refractivity contribution in [3.63, 3.8) is 0 Å². The van der Waals surface area contributed by atoms with Crippen molar-refractivity contribution in [3.05, 3.63) is 0 Å². The topological polar surface area (TPSA) is 98.7 Å². The number of nitrogens with one attached hydrogen (secondary N) is 2. The number of urea groups is 1. The van der Waals surface area contributed by atoms with Gasteiger partial charge in [-0.1, -0.05) is 6.92 Å². The first-order valence-corrected chi connectivity index (χ1v) is 7.06. The molecular formula is C13H23N3O4. The van der Waals surface area contributed by atoms with Gasteiger partial charge >= 0.3 is 12.0 Å². The lowest BCUT2D eigenvalue weighted by Gasteiger charge is -2.19. The standard InChI is InChI=1S/C13H23N3O4/c1-2-16(10-6-7-10)9-8-14-13(20)15-11(17)4-3-5-12(18)19/h10H,2-9H2,1H3,(H,18,19)(H2,14,15,17,20). The highest BCUT2D eigenvalue weighted by atomic mass is 16.4. The Balaban J connectivity index is 2.06. The lowest BCUT2D eigenvalue weighted by molar-refractivity contribution is -0.137. The zero-order chi connectivity index (χ0) is 15.0. The number of hydrogen-bond donors (Lipinski definition) is 3. The van der Waals surface area contributed by atoms with Crippen molar-refractivity contribution < 1.29 is 19.5 Å². The monoisotopic (exact) mass is 285 g/mol. The van der Waals surface area contributed by atoms with E-state index in [1.165, 1.54) is 12.8 Å². The number of carbonyl (C=O) groups is 3. The second-order valence-corrected chi connectivity index (χ2v) is 4.91. The molecule has 114 valence electrons. The molecule has 7 heteroatoms. The fraction of sp³-hybridized carbons (Fsp3) is 0.769. The van der Waals surface area contributed by atoms with Crippen molar-refractivity contribution in [2.75, 3.05) is 19.6 Å². The Morgan fingerprint density at radius 3 is 2.50 bits per heavy atom. The van der Waals surface area contributed by atoms with Crippen molar-refractivity contribution in [1.29, 1.82) is 0 Å². The number of carboxylic acids is 1. The highest BCUT2D eigenvalue weighted by Crippen LogP contribution is 2.25. The van der Waals surface area contributed by atoms with E-state index in [0.717, 1.165) is 13.1 Å². The number of nitrogens with zero attached hydrogens (tertiary/aromatic N) is 1. The second kappa shape index (κ2) is 8.52. The number of carbonyl (C=O) groups excluding carboxylic acids is 2. The van der Waals surface area contributed by atoms with Gasteiger partial charge in [-0.05, 0) is 25.8 Å². The van der Waals surface area contributed by atoms with E-state index in [0.29, 0.717) is 12.6 Å². The average molecular weight is 285 g/mol. The van der Waals surface area contributed by atoms with Crippen molar-refractivity contribution in [3.8, 4) is 0 Å². The molecule has 0 aromatic heterocycles. The summed E-state index contributed by atoms with van der Waals surface area (Å²) in [4.78, 5) is 35.3. The summed E-state index contributed by atoms with van der Waals surface area (Å²) in [5.74, 6) is -1.39. The van der Waals surface area contributed by atoms with Gasteiger partial charge in [0.2, 0.25) is 5.91 Å². The largest absolute Gasteiger partial charge is 0.481 e. The molecule has 3 amide bonds. The van der Waals surface area contributed by atoms with Crippen LogP contribution in [-0.2, 0) is 9.59 Å². The van der Waals surface area contributed by atoms with E-state index in [1.54, 1.807) is 0 Å². The zero-order valence-corrected chi connectivity index (χ0v) is 11.9. The maximum Gasteiger partial charge on any atom is 0.321 e. The molecule has 1 rings (SSSR count). The number of aliphatic carboxylic acids is 1. The summed E-state index contributed by atoms with van der Waals surface area (Å²) in [5.41, 5.74) is 0. The fourth-order valence-electron chi connectivity index (χ4n) is 1.99. The van der Waals surface area contributed by atoms with Gasteiger partial charge in [0.15, 0.2) is 0 Å². The summed E-state index contributed by atoms with van der Waals surface area (Å²) in [7, 11) is 0. The number of carboxylic acid groups (broad SMARTS) is 1. The number of amides is 3. The molecular weight excluding hydrogens is 262 g/mol. The fourth-order valence-corrected chi connectivity index (χ4v) is 1.99. The molecule has 0 aromatic rings. The van der Waals surface area contributed by atoms with Crippen LogP contribution in [0.2, 0.25) is 0 Å². The van der Waals surface area contributed by atoms with Gasteiger partial charge < -0.3 is 10.4 Å². The van der Waals surface area contributed by atoms with Crippen LogP contribution in [0.5, 0.6) is 0 Å². The third-order valence-corrected chi connectivity index (χ3v) is 3.20. The van der Waals surface area contributed by atoms with Crippen LogP contribution in [0.15, 0.2) is 0 Å². The molecule has 1 aliphatic carbocycles. The highest BCUT2D eigenvalue weighted by Gasteiger charge is 2.27. The lowest BCUT2D eigenvalue weighted by atomic mass is 10.2. The van der Waals surface area contributed by atoms with Gasteiger partial charge in [-0.25, -0.2) is 4.79 Å². The van der Waals surface area contributed by atoms with Crippen LogP contribution in [0.25, 0.3) is 0 Å². The molecule has 0 aliphatic heterocycles. The SMILES string of the molecule is CCN(CCNC(=O)NC(=O)CCCC(=O)O)C1CC1. The maximum atomic E-state index is 11.4. The summed E-state index contributed by atoms with van der Waals surface area (Å²) in [5, 5.41) is 13.3. The van der Waals surface area contributed by atoms with E-state index >= 15 is 0 Å². The first-order valence-electron chi connectivity index (χ1n) is 7.06. The summed E-state index contributed by atoms with van der Waals surface area (Å²) in [6.45, 7) is 4.33. The van der Waals surface area contributed by atoms with Crippen LogP contribution >= 0.6 is 0 Å². The van der Waals surface area contributed by atoms with E-state index in [1.807, 2.05) is 0 Å². The quantitative estimate of drug-likeness (QED) is 0.574. The number of imide groups is 1. The van der Waals surface area contributed by atoms with Gasteiger partial charge in [0.05, 0.1) is 0 Å².